The highest BCUT2D eigenvalue weighted by molar-refractivity contribution is 5.82. The van der Waals surface area contributed by atoms with Crippen LogP contribution in [0.5, 0.6) is 0 Å². The van der Waals surface area contributed by atoms with Gasteiger partial charge in [0.25, 0.3) is 0 Å². The normalized spacial score (nSPS) is 39.2. The summed E-state index contributed by atoms with van der Waals surface area (Å²) >= 11 is 0. The van der Waals surface area contributed by atoms with Gasteiger partial charge in [-0.05, 0) is 105 Å². The van der Waals surface area contributed by atoms with Gasteiger partial charge in [-0.15, -0.1) is 0 Å². The lowest BCUT2D eigenvalue weighted by molar-refractivity contribution is -0.139. The van der Waals surface area contributed by atoms with Crippen LogP contribution in [0.1, 0.15) is 63.4 Å². The number of allylic oxidation sites excluding steroid dienone is 1. The van der Waals surface area contributed by atoms with E-state index in [1.54, 1.807) is 0 Å². The van der Waals surface area contributed by atoms with Gasteiger partial charge >= 0.3 is 0 Å². The van der Waals surface area contributed by atoms with Gasteiger partial charge in [-0.3, -0.25) is 4.98 Å². The predicted molar refractivity (Wildman–Crippen MR) is 138 cm³/mol. The summed E-state index contributed by atoms with van der Waals surface area (Å²) < 4.78 is 7.06. The summed E-state index contributed by atoms with van der Waals surface area (Å²) in [5, 5.41) is 24.5. The van der Waals surface area contributed by atoms with E-state index in [4.69, 9.17) is 4.74 Å². The molecule has 4 aliphatic rings. The largest absolute Gasteiger partial charge is 0.388 e. The van der Waals surface area contributed by atoms with Gasteiger partial charge in [0, 0.05) is 23.8 Å². The first-order valence-electron chi connectivity index (χ1n) is 13.3. The maximum atomic E-state index is 11.1. The van der Waals surface area contributed by atoms with E-state index in [0.29, 0.717) is 11.8 Å². The van der Waals surface area contributed by atoms with Gasteiger partial charge in [0.1, 0.15) is 6.10 Å². The Labute approximate surface area is 208 Å². The summed E-state index contributed by atoms with van der Waals surface area (Å²) in [5.41, 5.74) is 2.82. The van der Waals surface area contributed by atoms with Gasteiger partial charge in [0.15, 0.2) is 0 Å². The smallest absolute Gasteiger partial charge is 0.105 e. The van der Waals surface area contributed by atoms with E-state index in [9.17, 15) is 10.2 Å². The molecule has 3 heterocycles. The molecule has 1 saturated heterocycles. The summed E-state index contributed by atoms with van der Waals surface area (Å²) in [5.74, 6) is 0.988. The molecule has 1 aromatic heterocycles. The third kappa shape index (κ3) is 3.71. The topological polar surface area (TPSA) is 65.8 Å². The fourth-order valence-corrected chi connectivity index (χ4v) is 7.44. The van der Waals surface area contributed by atoms with Crippen molar-refractivity contribution in [3.8, 4) is 0 Å². The van der Waals surface area contributed by atoms with Crippen molar-refractivity contribution < 1.29 is 14.9 Å². The molecule has 6 rings (SSSR count). The van der Waals surface area contributed by atoms with Crippen LogP contribution < -0.4 is 0 Å². The Hall–Kier alpha value is -2.05. The van der Waals surface area contributed by atoms with Crippen LogP contribution in [-0.4, -0.2) is 63.6 Å². The zero-order valence-electron chi connectivity index (χ0n) is 21.2. The van der Waals surface area contributed by atoms with Crippen molar-refractivity contribution in [1.82, 2.24) is 9.88 Å². The number of hydrogen-bond acceptors (Lipinski definition) is 5. The fraction of sp³-hybridized carbons (Fsp3) is 0.567. The molecule has 2 bridgehead atoms. The van der Waals surface area contributed by atoms with E-state index in [-0.39, 0.29) is 11.6 Å². The summed E-state index contributed by atoms with van der Waals surface area (Å²) in [4.78, 5) is 6.36. The zero-order chi connectivity index (χ0) is 24.4. The molecule has 186 valence electrons. The second kappa shape index (κ2) is 8.52. The SMILES string of the molecule is CC1CC=C2C=C3C(O)C(O)C(N(C)C)CC34CCC2(CCCC1c1ccc2ccncc2c1)O4. The van der Waals surface area contributed by atoms with Crippen molar-refractivity contribution in [2.45, 2.75) is 87.2 Å². The molecular weight excluding hydrogens is 436 g/mol. The molecule has 1 aromatic carbocycles. The highest BCUT2D eigenvalue weighted by atomic mass is 16.5. The van der Waals surface area contributed by atoms with Crippen LogP contribution in [-0.2, 0) is 4.74 Å². The Balaban J connectivity index is 1.32. The Morgan fingerprint density at radius 2 is 1.89 bits per heavy atom. The lowest BCUT2D eigenvalue weighted by Crippen LogP contribution is -2.60. The number of aliphatic hydroxyl groups excluding tert-OH is 2. The summed E-state index contributed by atoms with van der Waals surface area (Å²) in [6, 6.07) is 8.83. The molecule has 5 nitrogen and oxygen atoms in total. The molecule has 2 N–H and O–H groups in total. The van der Waals surface area contributed by atoms with Crippen molar-refractivity contribution in [2.24, 2.45) is 5.92 Å². The number of benzene rings is 1. The molecule has 35 heavy (non-hydrogen) atoms. The number of pyridine rings is 1. The summed E-state index contributed by atoms with van der Waals surface area (Å²) in [6.45, 7) is 2.36. The first kappa shape index (κ1) is 23.4. The second-order valence-electron chi connectivity index (χ2n) is 11.7. The van der Waals surface area contributed by atoms with Gasteiger partial charge in [-0.2, -0.15) is 0 Å². The lowest BCUT2D eigenvalue weighted by atomic mass is 9.72. The van der Waals surface area contributed by atoms with E-state index in [1.807, 2.05) is 31.4 Å². The van der Waals surface area contributed by atoms with Crippen LogP contribution in [0, 0.1) is 5.92 Å². The van der Waals surface area contributed by atoms with Crippen LogP contribution in [0.4, 0.5) is 0 Å². The van der Waals surface area contributed by atoms with Crippen molar-refractivity contribution in [1.29, 1.82) is 0 Å². The molecule has 2 aliphatic heterocycles. The molecular formula is C30H38N2O3. The molecule has 0 amide bonds. The molecule has 1 saturated carbocycles. The highest BCUT2D eigenvalue weighted by Crippen LogP contribution is 2.58. The van der Waals surface area contributed by atoms with E-state index in [2.05, 4.69) is 48.3 Å². The molecule has 5 heteroatoms. The molecule has 7 atom stereocenters. The van der Waals surface area contributed by atoms with Gasteiger partial charge in [-0.1, -0.05) is 31.2 Å². The maximum Gasteiger partial charge on any atom is 0.105 e. The summed E-state index contributed by atoms with van der Waals surface area (Å²) in [7, 11) is 3.96. The Morgan fingerprint density at radius 3 is 2.71 bits per heavy atom. The highest BCUT2D eigenvalue weighted by Gasteiger charge is 2.61. The molecule has 7 unspecified atom stereocenters. The molecule has 2 fully saturated rings. The number of rotatable bonds is 2. The summed E-state index contributed by atoms with van der Waals surface area (Å²) in [6.07, 6.45) is 13.6. The van der Waals surface area contributed by atoms with E-state index >= 15 is 0 Å². The fourth-order valence-electron chi connectivity index (χ4n) is 7.44. The minimum absolute atomic E-state index is 0.106. The van der Waals surface area contributed by atoms with E-state index < -0.39 is 17.8 Å². The van der Waals surface area contributed by atoms with Gasteiger partial charge in [-0.25, -0.2) is 0 Å². The minimum Gasteiger partial charge on any atom is -0.388 e. The third-order valence-electron chi connectivity index (χ3n) is 9.51. The quantitative estimate of drug-likeness (QED) is 0.658. The van der Waals surface area contributed by atoms with Gasteiger partial charge < -0.3 is 19.8 Å². The first-order chi connectivity index (χ1) is 16.8. The van der Waals surface area contributed by atoms with Crippen LogP contribution in [0.15, 0.2) is 60.0 Å². The Morgan fingerprint density at radius 1 is 1.06 bits per heavy atom. The van der Waals surface area contributed by atoms with Gasteiger partial charge in [0.05, 0.1) is 17.3 Å². The van der Waals surface area contributed by atoms with Crippen LogP contribution in [0.3, 0.4) is 0 Å². The van der Waals surface area contributed by atoms with E-state index in [1.165, 1.54) is 21.9 Å². The molecule has 2 aromatic rings. The number of ether oxygens (including phenoxy) is 1. The number of aliphatic hydroxyl groups is 2. The van der Waals surface area contributed by atoms with E-state index in [0.717, 1.165) is 50.5 Å². The number of nitrogens with zero attached hydrogens (tertiary/aromatic N) is 2. The van der Waals surface area contributed by atoms with Crippen LogP contribution >= 0.6 is 0 Å². The number of likely N-dealkylation sites (N-methyl/N-ethyl adjacent to an activating group) is 1. The Kier molecular flexibility index (Phi) is 5.68. The lowest BCUT2D eigenvalue weighted by Gasteiger charge is -2.51. The van der Waals surface area contributed by atoms with Crippen molar-refractivity contribution in [3.05, 3.63) is 65.5 Å². The van der Waals surface area contributed by atoms with Crippen molar-refractivity contribution in [3.63, 3.8) is 0 Å². The minimum atomic E-state index is -0.878. The standard InChI is InChI=1S/C30H38N2O3/c1-19-6-9-23-16-25-27(33)28(34)26(32(2)3)17-30(25)13-12-29(23,35-30)11-4-5-24(19)21-8-7-20-10-14-31-18-22(20)15-21/h7-10,14-16,18-19,24,26-28,33-34H,4-6,11-13,17H2,1-3H3. The van der Waals surface area contributed by atoms with Crippen molar-refractivity contribution >= 4 is 10.8 Å². The number of fused-ring (bicyclic) bond motifs is 1. The molecule has 2 aliphatic carbocycles. The van der Waals surface area contributed by atoms with Crippen LogP contribution in [0.2, 0.25) is 0 Å². The molecule has 0 radical (unpaired) electrons. The number of aromatic nitrogens is 1. The second-order valence-corrected chi connectivity index (χ2v) is 11.7. The van der Waals surface area contributed by atoms with Crippen LogP contribution in [0.25, 0.3) is 10.8 Å². The zero-order valence-corrected chi connectivity index (χ0v) is 21.2. The first-order valence-corrected chi connectivity index (χ1v) is 13.3. The molecule has 2 spiro atoms. The van der Waals surface area contributed by atoms with Crippen molar-refractivity contribution in [2.75, 3.05) is 14.1 Å². The number of hydrogen-bond donors (Lipinski definition) is 2. The monoisotopic (exact) mass is 474 g/mol. The maximum absolute atomic E-state index is 11.1. The average Bonchev–Trinajstić information content (AvgIpc) is 3.19. The average molecular weight is 475 g/mol. The Bertz CT molecular complexity index is 1190. The van der Waals surface area contributed by atoms with Gasteiger partial charge in [0.2, 0.25) is 0 Å². The predicted octanol–water partition coefficient (Wildman–Crippen LogP) is 4.74. The third-order valence-corrected chi connectivity index (χ3v) is 9.51.